The second-order valence-corrected chi connectivity index (χ2v) is 5.56. The minimum Gasteiger partial charge on any atom is -0.486 e. The number of alkyl halides is 1. The van der Waals surface area contributed by atoms with Gasteiger partial charge in [0.25, 0.3) is 0 Å². The first kappa shape index (κ1) is 13.2. The Morgan fingerprint density at radius 2 is 2.10 bits per heavy atom. The van der Waals surface area contributed by atoms with Gasteiger partial charge < -0.3 is 14.6 Å². The van der Waals surface area contributed by atoms with Gasteiger partial charge in [0.2, 0.25) is 0 Å². The Kier molecular flexibility index (Phi) is 3.07. The van der Waals surface area contributed by atoms with Crippen LogP contribution in [0.2, 0.25) is 0 Å². The largest absolute Gasteiger partial charge is 0.486 e. The van der Waals surface area contributed by atoms with E-state index in [1.807, 2.05) is 0 Å². The van der Waals surface area contributed by atoms with Crippen LogP contribution in [-0.4, -0.2) is 24.3 Å². The highest BCUT2D eigenvalue weighted by molar-refractivity contribution is 5.71. The van der Waals surface area contributed by atoms with Gasteiger partial charge >= 0.3 is 5.97 Å². The van der Waals surface area contributed by atoms with Crippen LogP contribution >= 0.6 is 0 Å². The Bertz CT molecular complexity index is 549. The van der Waals surface area contributed by atoms with Crippen molar-refractivity contribution in [1.29, 1.82) is 0 Å². The van der Waals surface area contributed by atoms with Gasteiger partial charge in [-0.05, 0) is 37.5 Å². The number of rotatable bonds is 4. The minimum absolute atomic E-state index is 0.0485. The Hall–Kier alpha value is -1.78. The summed E-state index contributed by atoms with van der Waals surface area (Å²) in [6.45, 7) is 2.34. The predicted molar refractivity (Wildman–Crippen MR) is 70.1 cm³/mol. The highest BCUT2D eigenvalue weighted by Crippen LogP contribution is 2.56. The Balaban J connectivity index is 2.08. The van der Waals surface area contributed by atoms with Crippen LogP contribution < -0.4 is 9.47 Å². The molecule has 1 N–H and O–H groups in total. The van der Waals surface area contributed by atoms with Crippen molar-refractivity contribution < 1.29 is 23.8 Å². The number of carboxylic acids is 1. The van der Waals surface area contributed by atoms with Gasteiger partial charge in [-0.15, -0.1) is 0 Å². The number of aliphatic carboxylic acids is 1. The van der Waals surface area contributed by atoms with E-state index < -0.39 is 17.6 Å². The van der Waals surface area contributed by atoms with Crippen LogP contribution in [0.4, 0.5) is 4.39 Å². The van der Waals surface area contributed by atoms with E-state index in [0.29, 0.717) is 30.3 Å². The lowest BCUT2D eigenvalue weighted by Gasteiger charge is -2.26. The number of carbonyl (C=O) groups is 1. The highest BCUT2D eigenvalue weighted by Gasteiger charge is 2.49. The van der Waals surface area contributed by atoms with Crippen molar-refractivity contribution in [2.24, 2.45) is 0 Å². The maximum absolute atomic E-state index is 13.6. The molecule has 1 aromatic carbocycles. The first-order valence-corrected chi connectivity index (χ1v) is 6.82. The summed E-state index contributed by atoms with van der Waals surface area (Å²) < 4.78 is 24.8. The lowest BCUT2D eigenvalue weighted by atomic mass is 9.89. The molecule has 1 atom stereocenters. The summed E-state index contributed by atoms with van der Waals surface area (Å²) in [6.07, 6.45) is 0.510. The lowest BCUT2D eigenvalue weighted by Crippen LogP contribution is -2.21. The monoisotopic (exact) mass is 280 g/mol. The Labute approximate surface area is 116 Å². The zero-order valence-electron chi connectivity index (χ0n) is 11.3. The van der Waals surface area contributed by atoms with Gasteiger partial charge in [-0.2, -0.15) is 0 Å². The molecule has 0 aromatic heterocycles. The molecular weight excluding hydrogens is 263 g/mol. The second kappa shape index (κ2) is 4.65. The average Bonchev–Trinajstić information content (AvgIpc) is 3.17. The third kappa shape index (κ3) is 2.21. The van der Waals surface area contributed by atoms with E-state index in [4.69, 9.17) is 14.6 Å². The van der Waals surface area contributed by atoms with E-state index in [-0.39, 0.29) is 6.42 Å². The zero-order valence-corrected chi connectivity index (χ0v) is 11.3. The van der Waals surface area contributed by atoms with Gasteiger partial charge in [0, 0.05) is 11.0 Å². The summed E-state index contributed by atoms with van der Waals surface area (Å²) >= 11 is 0. The summed E-state index contributed by atoms with van der Waals surface area (Å²) in [7, 11) is 0. The maximum Gasteiger partial charge on any atom is 0.304 e. The zero-order chi connectivity index (χ0) is 14.3. The quantitative estimate of drug-likeness (QED) is 0.921. The number of hydrogen-bond donors (Lipinski definition) is 1. The molecule has 1 fully saturated rings. The first-order valence-electron chi connectivity index (χ1n) is 6.82. The summed E-state index contributed by atoms with van der Waals surface area (Å²) in [5, 5.41) is 9.09. The summed E-state index contributed by atoms with van der Waals surface area (Å²) in [5.41, 5.74) is 0.888. The molecule has 20 heavy (non-hydrogen) atoms. The predicted octanol–water partition coefficient (Wildman–Crippen LogP) is 2.99. The van der Waals surface area contributed by atoms with Crippen molar-refractivity contribution in [2.45, 2.75) is 37.8 Å². The molecular formula is C15H17FO4. The fraction of sp³-hybridized carbons (Fsp3) is 0.533. The van der Waals surface area contributed by atoms with Crippen molar-refractivity contribution in [3.63, 3.8) is 0 Å². The van der Waals surface area contributed by atoms with Gasteiger partial charge in [0.05, 0.1) is 6.42 Å². The molecule has 1 unspecified atom stereocenters. The van der Waals surface area contributed by atoms with Crippen molar-refractivity contribution >= 4 is 5.97 Å². The van der Waals surface area contributed by atoms with Crippen molar-refractivity contribution in [3.8, 4) is 11.5 Å². The fourth-order valence-electron chi connectivity index (χ4n) is 2.78. The number of ether oxygens (including phenoxy) is 2. The van der Waals surface area contributed by atoms with Gasteiger partial charge in [-0.25, -0.2) is 4.39 Å². The molecule has 0 spiro atoms. The summed E-state index contributed by atoms with van der Waals surface area (Å²) in [6, 6.07) is 3.40. The Morgan fingerprint density at radius 1 is 1.40 bits per heavy atom. The summed E-state index contributed by atoms with van der Waals surface area (Å²) in [5.74, 6) is 0.288. The summed E-state index contributed by atoms with van der Waals surface area (Å²) in [4.78, 5) is 11.1. The molecule has 1 aliphatic carbocycles. The van der Waals surface area contributed by atoms with Crippen LogP contribution in [0.1, 0.15) is 43.5 Å². The number of carboxylic acid groups (broad SMARTS) is 1. The van der Waals surface area contributed by atoms with Gasteiger partial charge in [0.15, 0.2) is 11.5 Å². The fourth-order valence-corrected chi connectivity index (χ4v) is 2.78. The van der Waals surface area contributed by atoms with E-state index >= 15 is 0 Å². The maximum atomic E-state index is 13.6. The van der Waals surface area contributed by atoms with Gasteiger partial charge in [-0.1, -0.05) is 0 Å². The Morgan fingerprint density at radius 3 is 2.70 bits per heavy atom. The van der Waals surface area contributed by atoms with Gasteiger partial charge in [-0.3, -0.25) is 4.79 Å². The molecule has 108 valence electrons. The molecule has 1 saturated carbocycles. The number of fused-ring (bicyclic) bond motifs is 1. The minimum atomic E-state index is -1.12. The smallest absolute Gasteiger partial charge is 0.304 e. The van der Waals surface area contributed by atoms with E-state index in [1.54, 1.807) is 12.1 Å². The first-order chi connectivity index (χ1) is 9.52. The lowest BCUT2D eigenvalue weighted by molar-refractivity contribution is -0.137. The molecule has 0 amide bonds. The number of hydrogen-bond acceptors (Lipinski definition) is 3. The number of benzene rings is 1. The average molecular weight is 280 g/mol. The van der Waals surface area contributed by atoms with Crippen LogP contribution in [0.15, 0.2) is 12.1 Å². The van der Waals surface area contributed by atoms with E-state index in [9.17, 15) is 9.18 Å². The topological polar surface area (TPSA) is 55.8 Å². The van der Waals surface area contributed by atoms with E-state index in [1.165, 1.54) is 6.92 Å². The van der Waals surface area contributed by atoms with Crippen molar-refractivity contribution in [2.75, 3.05) is 13.2 Å². The molecule has 0 bridgehead atoms. The van der Waals surface area contributed by atoms with Crippen LogP contribution in [0.3, 0.4) is 0 Å². The normalized spacial score (nSPS) is 20.3. The molecule has 5 heteroatoms. The molecule has 0 radical (unpaired) electrons. The third-order valence-electron chi connectivity index (χ3n) is 4.04. The third-order valence-corrected chi connectivity index (χ3v) is 4.04. The molecule has 4 nitrogen and oxygen atoms in total. The van der Waals surface area contributed by atoms with E-state index in [2.05, 4.69) is 0 Å². The van der Waals surface area contributed by atoms with Crippen LogP contribution in [0, 0.1) is 0 Å². The van der Waals surface area contributed by atoms with Gasteiger partial charge in [0.1, 0.15) is 19.4 Å². The van der Waals surface area contributed by atoms with Crippen LogP contribution in [-0.2, 0) is 10.2 Å². The molecule has 3 rings (SSSR count). The second-order valence-electron chi connectivity index (χ2n) is 5.56. The SMILES string of the molecule is CC(F)c1cc2c(c(C3(CC(=O)O)CC3)c1)OCCO2. The standard InChI is InChI=1S/C15H17FO4/c1-9(16)10-6-11(15(2-3-15)8-13(17)18)14-12(7-10)19-4-5-20-14/h6-7,9H,2-5,8H2,1H3,(H,17,18). The van der Waals surface area contributed by atoms with Crippen LogP contribution in [0.25, 0.3) is 0 Å². The molecule has 2 aliphatic rings. The van der Waals surface area contributed by atoms with Crippen LogP contribution in [0.5, 0.6) is 11.5 Å². The van der Waals surface area contributed by atoms with Crippen molar-refractivity contribution in [3.05, 3.63) is 23.3 Å². The molecule has 1 aromatic rings. The molecule has 1 heterocycles. The molecule has 1 aliphatic heterocycles. The number of halogens is 1. The molecule has 0 saturated heterocycles. The van der Waals surface area contributed by atoms with E-state index in [0.717, 1.165) is 18.4 Å². The van der Waals surface area contributed by atoms with Crippen molar-refractivity contribution in [1.82, 2.24) is 0 Å². The highest BCUT2D eigenvalue weighted by atomic mass is 19.1.